The van der Waals surface area contributed by atoms with Crippen LogP contribution in [0.25, 0.3) is 0 Å². The fourth-order valence-electron chi connectivity index (χ4n) is 1.33. The van der Waals surface area contributed by atoms with Crippen LogP contribution in [-0.2, 0) is 0 Å². The van der Waals surface area contributed by atoms with Gasteiger partial charge in [0, 0.05) is 4.47 Å². The van der Waals surface area contributed by atoms with E-state index in [2.05, 4.69) is 15.9 Å². The second-order valence-corrected chi connectivity index (χ2v) is 4.70. The van der Waals surface area contributed by atoms with Gasteiger partial charge >= 0.3 is 6.18 Å². The molecule has 3 N–H and O–H groups in total. The fraction of sp³-hybridized carbons (Fsp3) is 0.364. The molecule has 1 unspecified atom stereocenters. The van der Waals surface area contributed by atoms with Gasteiger partial charge in [-0.2, -0.15) is 13.2 Å². The lowest BCUT2D eigenvalue weighted by atomic mass is 10.2. The molecule has 0 spiro atoms. The molecule has 1 rings (SSSR count). The lowest BCUT2D eigenvalue weighted by molar-refractivity contribution is -0.156. The van der Waals surface area contributed by atoms with E-state index in [1.807, 2.05) is 0 Å². The minimum atomic E-state index is -4.48. The lowest BCUT2D eigenvalue weighted by Crippen LogP contribution is -2.25. The molecule has 1 aromatic carbocycles. The Morgan fingerprint density at radius 1 is 1.47 bits per heavy atom. The Labute approximate surface area is 115 Å². The number of alkyl halides is 3. The molecule has 1 atom stereocenters. The molecule has 8 heteroatoms. The highest BCUT2D eigenvalue weighted by atomic mass is 79.9. The van der Waals surface area contributed by atoms with Gasteiger partial charge in [-0.15, -0.1) is 0 Å². The van der Waals surface area contributed by atoms with Crippen LogP contribution in [0.3, 0.4) is 0 Å². The summed E-state index contributed by atoms with van der Waals surface area (Å²) in [5, 5.41) is 9.16. The number of hydrogen-bond donors (Lipinski definition) is 2. The predicted octanol–water partition coefficient (Wildman–Crippen LogP) is 2.24. The third-order valence-electron chi connectivity index (χ3n) is 2.11. The van der Waals surface area contributed by atoms with E-state index in [9.17, 15) is 18.0 Å². The standard InChI is InChI=1S/C11H11BrF3NO3/c12-6-1-2-9(8(3-6)10(16)18)19-5-7(17)4-11(13,14)15/h1-3,7,17H,4-5H2,(H2,16,18). The second kappa shape index (κ2) is 6.25. The van der Waals surface area contributed by atoms with Crippen molar-refractivity contribution in [1.29, 1.82) is 0 Å². The van der Waals surface area contributed by atoms with Crippen molar-refractivity contribution in [2.45, 2.75) is 18.7 Å². The summed E-state index contributed by atoms with van der Waals surface area (Å²) in [6.45, 7) is -0.582. The molecule has 106 valence electrons. The molecule has 1 aromatic rings. The quantitative estimate of drug-likeness (QED) is 0.862. The Morgan fingerprint density at radius 3 is 2.63 bits per heavy atom. The van der Waals surface area contributed by atoms with Crippen LogP contribution in [0.1, 0.15) is 16.8 Å². The largest absolute Gasteiger partial charge is 0.490 e. The SMILES string of the molecule is NC(=O)c1cc(Br)ccc1OCC(O)CC(F)(F)F. The number of aliphatic hydroxyl groups excluding tert-OH is 1. The van der Waals surface area contributed by atoms with E-state index in [0.29, 0.717) is 4.47 Å². The van der Waals surface area contributed by atoms with Crippen LogP contribution >= 0.6 is 15.9 Å². The number of nitrogens with two attached hydrogens (primary N) is 1. The number of benzene rings is 1. The fourth-order valence-corrected chi connectivity index (χ4v) is 1.69. The van der Waals surface area contributed by atoms with Crippen molar-refractivity contribution < 1.29 is 27.8 Å². The Morgan fingerprint density at radius 2 is 2.11 bits per heavy atom. The molecule has 0 saturated carbocycles. The first-order chi connectivity index (χ1) is 8.69. The highest BCUT2D eigenvalue weighted by molar-refractivity contribution is 9.10. The van der Waals surface area contributed by atoms with Gasteiger partial charge in [0.1, 0.15) is 12.4 Å². The van der Waals surface area contributed by atoms with Crippen LogP contribution in [0.2, 0.25) is 0 Å². The first-order valence-corrected chi connectivity index (χ1v) is 5.95. The zero-order chi connectivity index (χ0) is 14.6. The Kier molecular flexibility index (Phi) is 5.19. The molecular formula is C11H11BrF3NO3. The number of hydrogen-bond acceptors (Lipinski definition) is 3. The van der Waals surface area contributed by atoms with Crippen molar-refractivity contribution in [2.24, 2.45) is 5.73 Å². The molecular weight excluding hydrogens is 331 g/mol. The average molecular weight is 342 g/mol. The maximum absolute atomic E-state index is 12.0. The van der Waals surface area contributed by atoms with Crippen LogP contribution < -0.4 is 10.5 Å². The molecule has 0 aliphatic carbocycles. The smallest absolute Gasteiger partial charge is 0.391 e. The molecule has 0 fully saturated rings. The number of amides is 1. The van der Waals surface area contributed by atoms with Crippen molar-refractivity contribution >= 4 is 21.8 Å². The first kappa shape index (κ1) is 15.8. The van der Waals surface area contributed by atoms with Crippen molar-refractivity contribution in [3.63, 3.8) is 0 Å². The Hall–Kier alpha value is -1.28. The molecule has 19 heavy (non-hydrogen) atoms. The zero-order valence-corrected chi connectivity index (χ0v) is 11.2. The monoisotopic (exact) mass is 341 g/mol. The second-order valence-electron chi connectivity index (χ2n) is 3.79. The highest BCUT2D eigenvalue weighted by Gasteiger charge is 2.31. The molecule has 0 aliphatic heterocycles. The minimum Gasteiger partial charge on any atom is -0.490 e. The molecule has 0 aromatic heterocycles. The predicted molar refractivity (Wildman–Crippen MR) is 64.8 cm³/mol. The van der Waals surface area contributed by atoms with Crippen LogP contribution in [0.15, 0.2) is 22.7 Å². The third kappa shape index (κ3) is 5.48. The normalized spacial score (nSPS) is 13.1. The van der Waals surface area contributed by atoms with Crippen molar-refractivity contribution in [3.05, 3.63) is 28.2 Å². The molecule has 0 heterocycles. The Bertz CT molecular complexity index is 465. The highest BCUT2D eigenvalue weighted by Crippen LogP contribution is 2.25. The topological polar surface area (TPSA) is 72.6 Å². The number of aliphatic hydroxyl groups is 1. The summed E-state index contributed by atoms with van der Waals surface area (Å²) in [5.74, 6) is -0.751. The van der Waals surface area contributed by atoms with E-state index in [1.165, 1.54) is 18.2 Å². The zero-order valence-electron chi connectivity index (χ0n) is 9.58. The van der Waals surface area contributed by atoms with Gasteiger partial charge in [0.15, 0.2) is 0 Å². The van der Waals surface area contributed by atoms with Crippen molar-refractivity contribution in [2.75, 3.05) is 6.61 Å². The van der Waals surface area contributed by atoms with E-state index < -0.39 is 31.2 Å². The van der Waals surface area contributed by atoms with Gasteiger partial charge < -0.3 is 15.6 Å². The van der Waals surface area contributed by atoms with Crippen molar-refractivity contribution in [3.8, 4) is 5.75 Å². The van der Waals surface area contributed by atoms with Crippen LogP contribution in [0, 0.1) is 0 Å². The summed E-state index contributed by atoms with van der Waals surface area (Å²) in [5.41, 5.74) is 5.13. The van der Waals surface area contributed by atoms with Gasteiger partial charge in [0.25, 0.3) is 5.91 Å². The van der Waals surface area contributed by atoms with Crippen LogP contribution in [0.4, 0.5) is 13.2 Å². The molecule has 0 saturated heterocycles. The van der Waals surface area contributed by atoms with E-state index in [1.54, 1.807) is 0 Å². The summed E-state index contributed by atoms with van der Waals surface area (Å²) in [4.78, 5) is 11.1. The number of carbonyl (C=O) groups is 1. The van der Waals surface area contributed by atoms with E-state index >= 15 is 0 Å². The third-order valence-corrected chi connectivity index (χ3v) is 2.60. The van der Waals surface area contributed by atoms with Gasteiger partial charge in [-0.3, -0.25) is 4.79 Å². The van der Waals surface area contributed by atoms with Gasteiger partial charge in [0.2, 0.25) is 0 Å². The first-order valence-electron chi connectivity index (χ1n) is 5.16. The minimum absolute atomic E-state index is 0.0218. The number of carbonyl (C=O) groups excluding carboxylic acids is 1. The summed E-state index contributed by atoms with van der Waals surface area (Å²) in [7, 11) is 0. The number of rotatable bonds is 5. The summed E-state index contributed by atoms with van der Waals surface area (Å²) in [6.07, 6.45) is -7.56. The van der Waals surface area contributed by atoms with E-state index in [4.69, 9.17) is 15.6 Å². The summed E-state index contributed by atoms with van der Waals surface area (Å²) < 4.78 is 41.6. The van der Waals surface area contributed by atoms with Gasteiger partial charge in [0.05, 0.1) is 18.1 Å². The number of ether oxygens (including phenoxy) is 1. The average Bonchev–Trinajstić information content (AvgIpc) is 2.24. The maximum Gasteiger partial charge on any atom is 0.391 e. The van der Waals surface area contributed by atoms with Gasteiger partial charge in [-0.1, -0.05) is 15.9 Å². The molecule has 0 radical (unpaired) electrons. The molecule has 0 bridgehead atoms. The van der Waals surface area contributed by atoms with Crippen LogP contribution in [0.5, 0.6) is 5.75 Å². The number of halogens is 4. The Balaban J connectivity index is 2.70. The molecule has 1 amide bonds. The van der Waals surface area contributed by atoms with E-state index in [0.717, 1.165) is 0 Å². The molecule has 0 aliphatic rings. The lowest BCUT2D eigenvalue weighted by Gasteiger charge is -2.15. The van der Waals surface area contributed by atoms with Gasteiger partial charge in [-0.05, 0) is 18.2 Å². The van der Waals surface area contributed by atoms with Crippen molar-refractivity contribution in [1.82, 2.24) is 0 Å². The van der Waals surface area contributed by atoms with E-state index in [-0.39, 0.29) is 11.3 Å². The molecule has 4 nitrogen and oxygen atoms in total. The summed E-state index contributed by atoms with van der Waals surface area (Å²) in [6, 6.07) is 4.30. The van der Waals surface area contributed by atoms with Gasteiger partial charge in [-0.25, -0.2) is 0 Å². The summed E-state index contributed by atoms with van der Waals surface area (Å²) >= 11 is 3.12. The maximum atomic E-state index is 12.0. The number of primary amides is 1. The van der Waals surface area contributed by atoms with Crippen LogP contribution in [-0.4, -0.2) is 29.9 Å².